The molecule has 2 aromatic carbocycles. The van der Waals surface area contributed by atoms with Crippen LogP contribution in [-0.4, -0.2) is 36.9 Å². The van der Waals surface area contributed by atoms with E-state index in [0.717, 1.165) is 21.3 Å². The third-order valence-corrected chi connectivity index (χ3v) is 4.56. The number of nitrogens with one attached hydrogen (secondary N) is 1. The molecule has 2 amide bonds. The van der Waals surface area contributed by atoms with Crippen LogP contribution in [0, 0.1) is 13.8 Å². The van der Waals surface area contributed by atoms with Crippen LogP contribution in [0.1, 0.15) is 17.5 Å². The fourth-order valence-corrected chi connectivity index (χ4v) is 2.74. The van der Waals surface area contributed by atoms with Gasteiger partial charge in [-0.2, -0.15) is 0 Å². The van der Waals surface area contributed by atoms with Crippen LogP contribution in [-0.2, 0) is 9.59 Å². The average molecular weight is 419 g/mol. The van der Waals surface area contributed by atoms with Crippen LogP contribution in [0.15, 0.2) is 46.9 Å². The summed E-state index contributed by atoms with van der Waals surface area (Å²) in [6.45, 7) is 4.23. The Balaban J connectivity index is 1.79. The largest absolute Gasteiger partial charge is 0.493 e. The fraction of sp³-hybridized carbons (Fsp3) is 0.300. The number of halogens is 1. The van der Waals surface area contributed by atoms with E-state index in [9.17, 15) is 9.59 Å². The molecule has 6 heteroatoms. The van der Waals surface area contributed by atoms with Gasteiger partial charge in [0.15, 0.2) is 0 Å². The van der Waals surface area contributed by atoms with Crippen molar-refractivity contribution >= 4 is 33.4 Å². The number of hydrogen-bond donors (Lipinski definition) is 1. The zero-order valence-electron chi connectivity index (χ0n) is 15.2. The van der Waals surface area contributed by atoms with Gasteiger partial charge in [-0.25, -0.2) is 0 Å². The highest BCUT2D eigenvalue weighted by atomic mass is 79.9. The Morgan fingerprint density at radius 1 is 1.15 bits per heavy atom. The van der Waals surface area contributed by atoms with Gasteiger partial charge in [0.25, 0.3) is 0 Å². The molecule has 26 heavy (non-hydrogen) atoms. The summed E-state index contributed by atoms with van der Waals surface area (Å²) >= 11 is 3.38. The molecule has 0 aliphatic heterocycles. The molecule has 0 aliphatic carbocycles. The molecule has 0 radical (unpaired) electrons. The van der Waals surface area contributed by atoms with E-state index < -0.39 is 0 Å². The van der Waals surface area contributed by atoms with Gasteiger partial charge in [0, 0.05) is 11.5 Å². The van der Waals surface area contributed by atoms with Gasteiger partial charge in [-0.1, -0.05) is 24.3 Å². The van der Waals surface area contributed by atoms with Crippen LogP contribution in [0.4, 0.5) is 5.69 Å². The molecule has 0 fully saturated rings. The number of likely N-dealkylation sites (N-methyl/N-ethyl adjacent to an activating group) is 1. The van der Waals surface area contributed by atoms with Gasteiger partial charge in [0.05, 0.1) is 25.3 Å². The Morgan fingerprint density at radius 2 is 1.88 bits per heavy atom. The lowest BCUT2D eigenvalue weighted by molar-refractivity contribution is -0.133. The first-order valence-corrected chi connectivity index (χ1v) is 9.14. The molecule has 0 unspecified atom stereocenters. The Morgan fingerprint density at radius 3 is 2.62 bits per heavy atom. The molecule has 2 rings (SSSR count). The maximum Gasteiger partial charge on any atom is 0.244 e. The second-order valence-electron chi connectivity index (χ2n) is 6.15. The summed E-state index contributed by atoms with van der Waals surface area (Å²) in [4.78, 5) is 25.7. The third kappa shape index (κ3) is 5.88. The molecule has 1 N–H and O–H groups in total. The van der Waals surface area contributed by atoms with E-state index in [1.54, 1.807) is 13.1 Å². The van der Waals surface area contributed by atoms with Crippen molar-refractivity contribution in [3.05, 3.63) is 58.1 Å². The second-order valence-corrected chi connectivity index (χ2v) is 7.00. The third-order valence-electron chi connectivity index (χ3n) is 3.87. The quantitative estimate of drug-likeness (QED) is 0.740. The Labute approximate surface area is 162 Å². The summed E-state index contributed by atoms with van der Waals surface area (Å²) in [6.07, 6.45) is 0.214. The highest BCUT2D eigenvalue weighted by Gasteiger charge is 2.14. The standard InChI is InChI=1S/C20H23BrN2O3/c1-14-8-9-15(2)18(12-14)26-11-10-20(25)23(3)13-19(24)22-17-7-5-4-6-16(17)21/h4-9,12H,10-11,13H2,1-3H3,(H,22,24). The smallest absolute Gasteiger partial charge is 0.244 e. The van der Waals surface area contributed by atoms with Gasteiger partial charge < -0.3 is 15.0 Å². The highest BCUT2D eigenvalue weighted by molar-refractivity contribution is 9.10. The van der Waals surface area contributed by atoms with E-state index in [-0.39, 0.29) is 31.4 Å². The minimum atomic E-state index is -0.247. The number of ether oxygens (including phenoxy) is 1. The SMILES string of the molecule is Cc1ccc(C)c(OCCC(=O)N(C)CC(=O)Nc2ccccc2Br)c1. The van der Waals surface area contributed by atoms with Crippen LogP contribution in [0.3, 0.4) is 0 Å². The molecule has 5 nitrogen and oxygen atoms in total. The molecule has 0 atom stereocenters. The molecule has 0 saturated carbocycles. The van der Waals surface area contributed by atoms with Crippen molar-refractivity contribution in [2.45, 2.75) is 20.3 Å². The van der Waals surface area contributed by atoms with Crippen LogP contribution in [0.25, 0.3) is 0 Å². The monoisotopic (exact) mass is 418 g/mol. The van der Waals surface area contributed by atoms with Gasteiger partial charge in [-0.15, -0.1) is 0 Å². The van der Waals surface area contributed by atoms with Crippen molar-refractivity contribution in [3.8, 4) is 5.75 Å². The van der Waals surface area contributed by atoms with E-state index in [1.165, 1.54) is 4.90 Å². The van der Waals surface area contributed by atoms with Crippen molar-refractivity contribution in [1.29, 1.82) is 0 Å². The van der Waals surface area contributed by atoms with Gasteiger partial charge in [-0.05, 0) is 59.1 Å². The maximum atomic E-state index is 12.2. The minimum absolute atomic E-state index is 0.0103. The normalized spacial score (nSPS) is 10.3. The first kappa shape index (κ1) is 20.0. The Hall–Kier alpha value is -2.34. The number of rotatable bonds is 7. The zero-order valence-corrected chi connectivity index (χ0v) is 16.8. The number of benzene rings is 2. The van der Waals surface area contributed by atoms with Gasteiger partial charge in [0.1, 0.15) is 5.75 Å². The maximum absolute atomic E-state index is 12.2. The van der Waals surface area contributed by atoms with Crippen LogP contribution >= 0.6 is 15.9 Å². The number of anilines is 1. The van der Waals surface area contributed by atoms with E-state index in [0.29, 0.717) is 5.69 Å². The van der Waals surface area contributed by atoms with E-state index >= 15 is 0 Å². The van der Waals surface area contributed by atoms with Crippen molar-refractivity contribution < 1.29 is 14.3 Å². The number of amides is 2. The van der Waals surface area contributed by atoms with Gasteiger partial charge in [0.2, 0.25) is 11.8 Å². The molecule has 0 aromatic heterocycles. The summed E-state index contributed by atoms with van der Waals surface area (Å²) in [5.41, 5.74) is 2.82. The lowest BCUT2D eigenvalue weighted by Gasteiger charge is -2.17. The summed E-state index contributed by atoms with van der Waals surface area (Å²) < 4.78 is 6.50. The van der Waals surface area contributed by atoms with E-state index in [4.69, 9.17) is 4.74 Å². The Kier molecular flexibility index (Phi) is 7.21. The van der Waals surface area contributed by atoms with E-state index in [1.807, 2.05) is 50.2 Å². The lowest BCUT2D eigenvalue weighted by atomic mass is 10.1. The number of nitrogens with zero attached hydrogens (tertiary/aromatic N) is 1. The minimum Gasteiger partial charge on any atom is -0.493 e. The van der Waals surface area contributed by atoms with Gasteiger partial charge >= 0.3 is 0 Å². The predicted molar refractivity (Wildman–Crippen MR) is 106 cm³/mol. The number of hydrogen-bond acceptors (Lipinski definition) is 3. The summed E-state index contributed by atoms with van der Waals surface area (Å²) in [7, 11) is 1.61. The van der Waals surface area contributed by atoms with E-state index in [2.05, 4.69) is 21.2 Å². The number of para-hydroxylation sites is 1. The summed E-state index contributed by atoms with van der Waals surface area (Å²) in [5.74, 6) is 0.396. The Bertz CT molecular complexity index is 792. The molecular weight excluding hydrogens is 396 g/mol. The van der Waals surface area contributed by atoms with Crippen LogP contribution in [0.5, 0.6) is 5.75 Å². The molecule has 0 bridgehead atoms. The lowest BCUT2D eigenvalue weighted by Crippen LogP contribution is -2.35. The molecule has 0 saturated heterocycles. The number of aryl methyl sites for hydroxylation is 2. The van der Waals surface area contributed by atoms with Crippen molar-refractivity contribution in [1.82, 2.24) is 4.90 Å². The second kappa shape index (κ2) is 9.38. The molecule has 0 spiro atoms. The predicted octanol–water partition coefficient (Wildman–Crippen LogP) is 3.93. The first-order valence-electron chi connectivity index (χ1n) is 8.35. The zero-order chi connectivity index (χ0) is 19.1. The molecule has 0 heterocycles. The molecule has 2 aromatic rings. The average Bonchev–Trinajstić information content (AvgIpc) is 2.59. The van der Waals surface area contributed by atoms with Gasteiger partial charge in [-0.3, -0.25) is 9.59 Å². The first-order chi connectivity index (χ1) is 12.4. The van der Waals surface area contributed by atoms with Crippen LogP contribution in [0.2, 0.25) is 0 Å². The molecule has 0 aliphatic rings. The fourth-order valence-electron chi connectivity index (χ4n) is 2.36. The summed E-state index contributed by atoms with van der Waals surface area (Å²) in [5, 5.41) is 2.78. The molecule has 138 valence electrons. The van der Waals surface area contributed by atoms with Crippen LogP contribution < -0.4 is 10.1 Å². The topological polar surface area (TPSA) is 58.6 Å². The van der Waals surface area contributed by atoms with Crippen molar-refractivity contribution in [3.63, 3.8) is 0 Å². The molecular formula is C20H23BrN2O3. The summed E-state index contributed by atoms with van der Waals surface area (Å²) in [6, 6.07) is 13.3. The highest BCUT2D eigenvalue weighted by Crippen LogP contribution is 2.21. The number of carbonyl (C=O) groups excluding carboxylic acids is 2. The number of carbonyl (C=O) groups is 2. The van der Waals surface area contributed by atoms with Crippen molar-refractivity contribution in [2.75, 3.05) is 25.5 Å². The van der Waals surface area contributed by atoms with Crippen molar-refractivity contribution in [2.24, 2.45) is 0 Å².